The van der Waals surface area contributed by atoms with Crippen LogP contribution in [0.4, 0.5) is 0 Å². The topological polar surface area (TPSA) is 26.0 Å². The van der Waals surface area contributed by atoms with E-state index in [1.54, 1.807) is 0 Å². The Kier molecular flexibility index (Phi) is 2.50. The molecule has 1 saturated carbocycles. The largest absolute Gasteiger partial charge is 0.330 e. The molecule has 0 aromatic heterocycles. The van der Waals surface area contributed by atoms with E-state index in [1.807, 2.05) is 18.2 Å². The van der Waals surface area contributed by atoms with Gasteiger partial charge in [-0.3, -0.25) is 0 Å². The molecule has 2 N–H and O–H groups in total. The van der Waals surface area contributed by atoms with Gasteiger partial charge >= 0.3 is 0 Å². The highest BCUT2D eigenvalue weighted by atomic mass is 35.5. The predicted octanol–water partition coefficient (Wildman–Crippen LogP) is 3.06. The highest BCUT2D eigenvalue weighted by Crippen LogP contribution is 2.49. The van der Waals surface area contributed by atoms with Crippen molar-refractivity contribution in [3.05, 3.63) is 33.8 Å². The van der Waals surface area contributed by atoms with Crippen molar-refractivity contribution in [2.75, 3.05) is 6.54 Å². The zero-order valence-electron chi connectivity index (χ0n) is 7.13. The van der Waals surface area contributed by atoms with E-state index in [4.69, 9.17) is 28.9 Å². The van der Waals surface area contributed by atoms with Gasteiger partial charge in [-0.1, -0.05) is 35.3 Å². The molecule has 0 aliphatic heterocycles. The lowest BCUT2D eigenvalue weighted by atomic mass is 10.1. The SMILES string of the molecule is NC[C@H]1C[C@@H]1c1cccc(Cl)c1Cl. The number of hydrogen-bond acceptors (Lipinski definition) is 1. The zero-order chi connectivity index (χ0) is 9.42. The molecule has 2 rings (SSSR count). The maximum Gasteiger partial charge on any atom is 0.0627 e. The van der Waals surface area contributed by atoms with Crippen LogP contribution >= 0.6 is 23.2 Å². The Morgan fingerprint density at radius 2 is 2.15 bits per heavy atom. The minimum atomic E-state index is 0.538. The quantitative estimate of drug-likeness (QED) is 0.807. The monoisotopic (exact) mass is 215 g/mol. The van der Waals surface area contributed by atoms with Crippen LogP contribution in [0.3, 0.4) is 0 Å². The summed E-state index contributed by atoms with van der Waals surface area (Å²) in [5.41, 5.74) is 6.73. The van der Waals surface area contributed by atoms with Gasteiger partial charge in [-0.25, -0.2) is 0 Å². The van der Waals surface area contributed by atoms with Gasteiger partial charge in [0.2, 0.25) is 0 Å². The molecule has 1 aromatic carbocycles. The fourth-order valence-electron chi connectivity index (χ4n) is 1.70. The van der Waals surface area contributed by atoms with Crippen LogP contribution in [0.15, 0.2) is 18.2 Å². The van der Waals surface area contributed by atoms with Crippen LogP contribution in [0, 0.1) is 5.92 Å². The second kappa shape index (κ2) is 3.49. The average Bonchev–Trinajstić information content (AvgIpc) is 2.89. The molecule has 0 radical (unpaired) electrons. The Balaban J connectivity index is 2.27. The fourth-order valence-corrected chi connectivity index (χ4v) is 2.14. The molecule has 1 aliphatic carbocycles. The first-order chi connectivity index (χ1) is 6.24. The van der Waals surface area contributed by atoms with Crippen LogP contribution in [0.25, 0.3) is 0 Å². The molecular weight excluding hydrogens is 205 g/mol. The fraction of sp³-hybridized carbons (Fsp3) is 0.400. The third-order valence-corrected chi connectivity index (χ3v) is 3.44. The molecule has 2 atom stereocenters. The maximum absolute atomic E-state index is 6.08. The molecule has 1 nitrogen and oxygen atoms in total. The lowest BCUT2D eigenvalue weighted by Gasteiger charge is -2.03. The summed E-state index contributed by atoms with van der Waals surface area (Å²) < 4.78 is 0. The van der Waals surface area contributed by atoms with Crippen molar-refractivity contribution in [1.82, 2.24) is 0 Å². The van der Waals surface area contributed by atoms with Crippen LogP contribution in [0.1, 0.15) is 17.9 Å². The Morgan fingerprint density at radius 1 is 1.38 bits per heavy atom. The summed E-state index contributed by atoms with van der Waals surface area (Å²) in [6, 6.07) is 5.79. The second-order valence-corrected chi connectivity index (χ2v) is 4.27. The van der Waals surface area contributed by atoms with Gasteiger partial charge in [0.1, 0.15) is 0 Å². The van der Waals surface area contributed by atoms with Gasteiger partial charge in [0.05, 0.1) is 10.0 Å². The normalized spacial score (nSPS) is 26.1. The molecule has 0 bridgehead atoms. The summed E-state index contributed by atoms with van der Waals surface area (Å²) in [6.45, 7) is 0.744. The van der Waals surface area contributed by atoms with Gasteiger partial charge in [-0.2, -0.15) is 0 Å². The lowest BCUT2D eigenvalue weighted by Crippen LogP contribution is -2.02. The zero-order valence-corrected chi connectivity index (χ0v) is 8.65. The molecule has 0 saturated heterocycles. The first-order valence-corrected chi connectivity index (χ1v) is 5.13. The molecule has 1 fully saturated rings. The van der Waals surface area contributed by atoms with E-state index < -0.39 is 0 Å². The minimum absolute atomic E-state index is 0.538. The molecule has 0 unspecified atom stereocenters. The molecular formula is C10H11Cl2N. The third kappa shape index (κ3) is 1.69. The summed E-state index contributed by atoms with van der Waals surface area (Å²) in [4.78, 5) is 0. The maximum atomic E-state index is 6.08. The Bertz CT molecular complexity index is 325. The van der Waals surface area contributed by atoms with E-state index in [0.29, 0.717) is 21.9 Å². The van der Waals surface area contributed by atoms with Crippen LogP contribution < -0.4 is 5.73 Å². The highest BCUT2D eigenvalue weighted by molar-refractivity contribution is 6.42. The van der Waals surface area contributed by atoms with Crippen molar-refractivity contribution < 1.29 is 0 Å². The smallest absolute Gasteiger partial charge is 0.0627 e. The third-order valence-electron chi connectivity index (χ3n) is 2.61. The number of rotatable bonds is 2. The van der Waals surface area contributed by atoms with Crippen LogP contribution in [0.2, 0.25) is 10.0 Å². The van der Waals surface area contributed by atoms with Gasteiger partial charge in [-0.15, -0.1) is 0 Å². The second-order valence-electron chi connectivity index (χ2n) is 3.48. The van der Waals surface area contributed by atoms with E-state index in [0.717, 1.165) is 18.5 Å². The van der Waals surface area contributed by atoms with Gasteiger partial charge in [-0.05, 0) is 36.4 Å². The molecule has 1 aromatic rings. The molecule has 70 valence electrons. The van der Waals surface area contributed by atoms with Crippen LogP contribution in [0.5, 0.6) is 0 Å². The minimum Gasteiger partial charge on any atom is -0.330 e. The summed E-state index contributed by atoms with van der Waals surface area (Å²) in [6.07, 6.45) is 1.15. The number of benzene rings is 1. The molecule has 0 spiro atoms. The first kappa shape index (κ1) is 9.32. The summed E-state index contributed by atoms with van der Waals surface area (Å²) >= 11 is 12.0. The van der Waals surface area contributed by atoms with E-state index in [2.05, 4.69) is 0 Å². The van der Waals surface area contributed by atoms with E-state index in [-0.39, 0.29) is 0 Å². The van der Waals surface area contributed by atoms with Gasteiger partial charge in [0, 0.05) is 0 Å². The molecule has 1 aliphatic rings. The predicted molar refractivity (Wildman–Crippen MR) is 56.4 cm³/mol. The summed E-state index contributed by atoms with van der Waals surface area (Å²) in [5.74, 6) is 1.15. The number of hydrogen-bond donors (Lipinski definition) is 1. The van der Waals surface area contributed by atoms with Crippen molar-refractivity contribution in [3.8, 4) is 0 Å². The Hall–Kier alpha value is -0.240. The van der Waals surface area contributed by atoms with Crippen LogP contribution in [-0.4, -0.2) is 6.54 Å². The van der Waals surface area contributed by atoms with E-state index >= 15 is 0 Å². The van der Waals surface area contributed by atoms with Crippen molar-refractivity contribution in [2.24, 2.45) is 11.7 Å². The van der Waals surface area contributed by atoms with Crippen molar-refractivity contribution >= 4 is 23.2 Å². The molecule has 13 heavy (non-hydrogen) atoms. The van der Waals surface area contributed by atoms with Crippen molar-refractivity contribution in [1.29, 1.82) is 0 Å². The van der Waals surface area contributed by atoms with Gasteiger partial charge in [0.25, 0.3) is 0 Å². The summed E-state index contributed by atoms with van der Waals surface area (Å²) in [7, 11) is 0. The van der Waals surface area contributed by atoms with Crippen molar-refractivity contribution in [3.63, 3.8) is 0 Å². The highest BCUT2D eigenvalue weighted by Gasteiger charge is 2.38. The first-order valence-electron chi connectivity index (χ1n) is 4.38. The van der Waals surface area contributed by atoms with E-state index in [9.17, 15) is 0 Å². The molecule has 0 amide bonds. The molecule has 3 heteroatoms. The molecule has 0 heterocycles. The number of halogens is 2. The lowest BCUT2D eigenvalue weighted by molar-refractivity contribution is 0.810. The van der Waals surface area contributed by atoms with Gasteiger partial charge in [0.15, 0.2) is 0 Å². The number of nitrogens with two attached hydrogens (primary N) is 1. The van der Waals surface area contributed by atoms with Crippen LogP contribution in [-0.2, 0) is 0 Å². The van der Waals surface area contributed by atoms with Crippen molar-refractivity contribution in [2.45, 2.75) is 12.3 Å². The standard InChI is InChI=1S/C10H11Cl2N/c11-9-3-1-2-7(10(9)12)8-4-6(8)5-13/h1-3,6,8H,4-5,13H2/t6-,8+/m1/s1. The van der Waals surface area contributed by atoms with E-state index in [1.165, 1.54) is 0 Å². The Morgan fingerprint density at radius 3 is 2.77 bits per heavy atom. The van der Waals surface area contributed by atoms with Gasteiger partial charge < -0.3 is 5.73 Å². The Labute approximate surface area is 87.8 Å². The average molecular weight is 216 g/mol. The summed E-state index contributed by atoms with van der Waals surface area (Å²) in [5, 5.41) is 1.34.